The molecule has 0 saturated heterocycles. The summed E-state index contributed by atoms with van der Waals surface area (Å²) >= 11 is 0. The number of ketones is 1. The van der Waals surface area contributed by atoms with Crippen molar-refractivity contribution in [3.63, 3.8) is 0 Å². The number of hydrogen-bond donors (Lipinski definition) is 0. The molecule has 112 valence electrons. The van der Waals surface area contributed by atoms with Crippen molar-refractivity contribution in [1.29, 1.82) is 0 Å². The molecule has 2 aromatic rings. The van der Waals surface area contributed by atoms with Crippen molar-refractivity contribution >= 4 is 11.9 Å². The van der Waals surface area contributed by atoms with Crippen LogP contribution in [-0.4, -0.2) is 20.0 Å². The summed E-state index contributed by atoms with van der Waals surface area (Å²) < 4.78 is 16.0. The van der Waals surface area contributed by atoms with E-state index in [1.807, 2.05) is 25.1 Å². The lowest BCUT2D eigenvalue weighted by Crippen LogP contribution is -1.98. The van der Waals surface area contributed by atoms with Gasteiger partial charge in [0.15, 0.2) is 5.76 Å². The first kappa shape index (κ1) is 14.2. The van der Waals surface area contributed by atoms with E-state index in [-0.39, 0.29) is 5.78 Å². The quantitative estimate of drug-likeness (QED) is 0.811. The van der Waals surface area contributed by atoms with E-state index in [0.29, 0.717) is 22.8 Å². The molecule has 0 N–H and O–H groups in total. The first-order valence-corrected chi connectivity index (χ1v) is 6.89. The van der Waals surface area contributed by atoms with Gasteiger partial charge in [0.25, 0.3) is 0 Å². The van der Waals surface area contributed by atoms with Gasteiger partial charge >= 0.3 is 0 Å². The van der Waals surface area contributed by atoms with Crippen LogP contribution in [0.1, 0.15) is 21.5 Å². The highest BCUT2D eigenvalue weighted by Gasteiger charge is 2.27. The summed E-state index contributed by atoms with van der Waals surface area (Å²) in [6.07, 6.45) is 1.74. The van der Waals surface area contributed by atoms with Crippen LogP contribution in [-0.2, 0) is 0 Å². The number of hydrogen-bond acceptors (Lipinski definition) is 4. The first-order chi connectivity index (χ1) is 10.6. The Hall–Kier alpha value is -2.75. The van der Waals surface area contributed by atoms with E-state index in [1.54, 1.807) is 38.5 Å². The highest BCUT2D eigenvalue weighted by Crippen LogP contribution is 2.35. The maximum Gasteiger partial charge on any atom is 0.231 e. The van der Waals surface area contributed by atoms with E-state index in [9.17, 15) is 4.79 Å². The molecule has 1 aliphatic rings. The molecular weight excluding hydrogens is 280 g/mol. The van der Waals surface area contributed by atoms with Crippen molar-refractivity contribution in [2.45, 2.75) is 6.92 Å². The van der Waals surface area contributed by atoms with Gasteiger partial charge in [-0.3, -0.25) is 4.79 Å². The molecule has 0 bridgehead atoms. The zero-order valence-electron chi connectivity index (χ0n) is 12.7. The fourth-order valence-corrected chi connectivity index (χ4v) is 2.44. The number of carbonyl (C=O) groups excluding carboxylic acids is 1. The number of Topliss-reactive ketones (excluding diaryl/α,β-unsaturated/α-hetero) is 1. The van der Waals surface area contributed by atoms with Crippen LogP contribution < -0.4 is 14.2 Å². The third-order valence-corrected chi connectivity index (χ3v) is 3.59. The van der Waals surface area contributed by atoms with E-state index in [0.717, 1.165) is 16.9 Å². The van der Waals surface area contributed by atoms with Crippen LogP contribution in [0.4, 0.5) is 0 Å². The third-order valence-electron chi connectivity index (χ3n) is 3.59. The van der Waals surface area contributed by atoms with Crippen LogP contribution in [0.5, 0.6) is 17.2 Å². The van der Waals surface area contributed by atoms with Gasteiger partial charge < -0.3 is 14.2 Å². The number of carbonyl (C=O) groups is 1. The Kier molecular flexibility index (Phi) is 3.59. The van der Waals surface area contributed by atoms with Crippen molar-refractivity contribution in [1.82, 2.24) is 0 Å². The first-order valence-electron chi connectivity index (χ1n) is 6.89. The summed E-state index contributed by atoms with van der Waals surface area (Å²) in [5, 5.41) is 0. The molecule has 0 fully saturated rings. The van der Waals surface area contributed by atoms with Gasteiger partial charge in [-0.15, -0.1) is 0 Å². The third kappa shape index (κ3) is 2.44. The number of rotatable bonds is 3. The Labute approximate surface area is 128 Å². The molecular formula is C18H16O4. The Balaban J connectivity index is 1.93. The molecule has 0 atom stereocenters. The number of benzene rings is 2. The molecule has 0 radical (unpaired) electrons. The molecule has 22 heavy (non-hydrogen) atoms. The largest absolute Gasteiger partial charge is 0.497 e. The molecule has 4 nitrogen and oxygen atoms in total. The zero-order chi connectivity index (χ0) is 15.7. The van der Waals surface area contributed by atoms with E-state index in [4.69, 9.17) is 14.2 Å². The molecule has 4 heteroatoms. The molecule has 0 aliphatic carbocycles. The molecule has 3 rings (SSSR count). The van der Waals surface area contributed by atoms with Crippen LogP contribution in [0.3, 0.4) is 0 Å². The van der Waals surface area contributed by atoms with Gasteiger partial charge in [0, 0.05) is 6.07 Å². The van der Waals surface area contributed by atoms with Crippen LogP contribution >= 0.6 is 0 Å². The normalized spacial score (nSPS) is 14.7. The van der Waals surface area contributed by atoms with Gasteiger partial charge in [-0.25, -0.2) is 0 Å². The van der Waals surface area contributed by atoms with Gasteiger partial charge in [0.05, 0.1) is 19.8 Å². The standard InChI is InChI=1S/C18H16O4/c1-11-8-12(4-7-15(11)21-3)9-17-18(19)14-6-5-13(20-2)10-16(14)22-17/h4-10H,1-3H3/b17-9-. The summed E-state index contributed by atoms with van der Waals surface area (Å²) in [6.45, 7) is 1.96. The summed E-state index contributed by atoms with van der Waals surface area (Å²) in [6, 6.07) is 10.9. The van der Waals surface area contributed by atoms with Gasteiger partial charge in [-0.2, -0.15) is 0 Å². The van der Waals surface area contributed by atoms with Crippen molar-refractivity contribution in [3.05, 3.63) is 58.8 Å². The van der Waals surface area contributed by atoms with Gasteiger partial charge in [0.2, 0.25) is 5.78 Å². The zero-order valence-corrected chi connectivity index (χ0v) is 12.7. The fourth-order valence-electron chi connectivity index (χ4n) is 2.44. The van der Waals surface area contributed by atoms with Crippen molar-refractivity contribution in [3.8, 4) is 17.2 Å². The highest BCUT2D eigenvalue weighted by molar-refractivity contribution is 6.14. The summed E-state index contributed by atoms with van der Waals surface area (Å²) in [4.78, 5) is 12.3. The predicted octanol–water partition coefficient (Wildman–Crippen LogP) is 3.63. The second-order valence-corrected chi connectivity index (χ2v) is 5.03. The Morgan fingerprint density at radius 2 is 1.86 bits per heavy atom. The highest BCUT2D eigenvalue weighted by atomic mass is 16.5. The molecule has 0 saturated carbocycles. The van der Waals surface area contributed by atoms with E-state index in [1.165, 1.54) is 0 Å². The van der Waals surface area contributed by atoms with Crippen LogP contribution in [0.25, 0.3) is 6.08 Å². The Bertz CT molecular complexity index is 775. The average Bonchev–Trinajstić information content (AvgIpc) is 2.83. The summed E-state index contributed by atoms with van der Waals surface area (Å²) in [5.74, 6) is 2.20. The molecule has 1 aliphatic heterocycles. The maximum atomic E-state index is 12.3. The van der Waals surface area contributed by atoms with Gasteiger partial charge in [-0.1, -0.05) is 6.07 Å². The van der Waals surface area contributed by atoms with Crippen molar-refractivity contribution < 1.29 is 19.0 Å². The van der Waals surface area contributed by atoms with Gasteiger partial charge in [-0.05, 0) is 48.4 Å². The van der Waals surface area contributed by atoms with E-state index < -0.39 is 0 Å². The minimum Gasteiger partial charge on any atom is -0.497 e. The molecule has 0 aromatic heterocycles. The Morgan fingerprint density at radius 3 is 2.55 bits per heavy atom. The number of fused-ring (bicyclic) bond motifs is 1. The van der Waals surface area contributed by atoms with Crippen LogP contribution in [0, 0.1) is 6.92 Å². The molecule has 2 aromatic carbocycles. The molecule has 0 amide bonds. The monoisotopic (exact) mass is 296 g/mol. The lowest BCUT2D eigenvalue weighted by Gasteiger charge is -2.05. The van der Waals surface area contributed by atoms with Gasteiger partial charge in [0.1, 0.15) is 17.2 Å². The van der Waals surface area contributed by atoms with Crippen molar-refractivity contribution in [2.75, 3.05) is 14.2 Å². The van der Waals surface area contributed by atoms with E-state index >= 15 is 0 Å². The fraction of sp³-hybridized carbons (Fsp3) is 0.167. The predicted molar refractivity (Wildman–Crippen MR) is 83.7 cm³/mol. The van der Waals surface area contributed by atoms with Crippen LogP contribution in [0.2, 0.25) is 0 Å². The number of allylic oxidation sites excluding steroid dienone is 1. The molecule has 0 unspecified atom stereocenters. The van der Waals surface area contributed by atoms with Crippen molar-refractivity contribution in [2.24, 2.45) is 0 Å². The number of aryl methyl sites for hydroxylation is 1. The lowest BCUT2D eigenvalue weighted by atomic mass is 10.1. The second-order valence-electron chi connectivity index (χ2n) is 5.03. The molecule has 1 heterocycles. The SMILES string of the molecule is COc1ccc2c(c1)O/C(=C\c1ccc(OC)c(C)c1)C2=O. The second kappa shape index (κ2) is 5.56. The van der Waals surface area contributed by atoms with Crippen LogP contribution in [0.15, 0.2) is 42.2 Å². The number of ether oxygens (including phenoxy) is 3. The summed E-state index contributed by atoms with van der Waals surface area (Å²) in [7, 11) is 3.21. The Morgan fingerprint density at radius 1 is 1.05 bits per heavy atom. The minimum absolute atomic E-state index is 0.119. The number of methoxy groups -OCH3 is 2. The van der Waals surface area contributed by atoms with E-state index in [2.05, 4.69) is 0 Å². The summed E-state index contributed by atoms with van der Waals surface area (Å²) in [5.41, 5.74) is 2.44. The minimum atomic E-state index is -0.119. The topological polar surface area (TPSA) is 44.8 Å². The lowest BCUT2D eigenvalue weighted by molar-refractivity contribution is 0.101. The smallest absolute Gasteiger partial charge is 0.231 e. The average molecular weight is 296 g/mol. The molecule has 0 spiro atoms. The maximum absolute atomic E-state index is 12.3.